The molecule has 10 heteroatoms. The molecule has 3 heterocycles. The molecule has 154 valence electrons. The topological polar surface area (TPSA) is 93.1 Å². The van der Waals surface area contributed by atoms with Crippen LogP contribution in [-0.2, 0) is 23.5 Å². The van der Waals surface area contributed by atoms with Gasteiger partial charge in [-0.25, -0.2) is 17.8 Å². The summed E-state index contributed by atoms with van der Waals surface area (Å²) in [6, 6.07) is 7.96. The smallest absolute Gasteiger partial charge is 0.262 e. The number of rotatable bonds is 7. The molecule has 8 nitrogen and oxygen atoms in total. The Morgan fingerprint density at radius 1 is 1.34 bits per heavy atom. The molecule has 0 bridgehead atoms. The third kappa shape index (κ3) is 4.33. The Labute approximate surface area is 168 Å². The first kappa shape index (κ1) is 19.6. The average molecular weight is 419 g/mol. The van der Waals surface area contributed by atoms with E-state index in [1.807, 2.05) is 6.07 Å². The summed E-state index contributed by atoms with van der Waals surface area (Å²) in [5.74, 6) is 0.177. The fourth-order valence-corrected chi connectivity index (χ4v) is 4.86. The highest BCUT2D eigenvalue weighted by Crippen LogP contribution is 2.30. The normalized spacial score (nSPS) is 17.7. The van der Waals surface area contributed by atoms with E-state index in [2.05, 4.69) is 15.2 Å². The van der Waals surface area contributed by atoms with E-state index in [4.69, 9.17) is 4.74 Å². The number of aromatic nitrogens is 4. The summed E-state index contributed by atoms with van der Waals surface area (Å²) >= 11 is 0. The fourth-order valence-electron chi connectivity index (χ4n) is 3.39. The van der Waals surface area contributed by atoms with Crippen LogP contribution < -0.4 is 4.74 Å². The number of aromatic amines is 1. The summed E-state index contributed by atoms with van der Waals surface area (Å²) in [7, 11) is -1.85. The molecule has 1 aliphatic rings. The van der Waals surface area contributed by atoms with Gasteiger partial charge in [-0.2, -0.15) is 9.40 Å². The Balaban J connectivity index is 1.34. The molecule has 0 amide bonds. The van der Waals surface area contributed by atoms with Gasteiger partial charge in [-0.15, -0.1) is 0 Å². The van der Waals surface area contributed by atoms with Gasteiger partial charge < -0.3 is 9.30 Å². The van der Waals surface area contributed by atoms with Crippen LogP contribution in [0.3, 0.4) is 0 Å². The third-order valence-electron chi connectivity index (χ3n) is 4.94. The van der Waals surface area contributed by atoms with Crippen LogP contribution in [0.25, 0.3) is 0 Å². The molecule has 0 saturated carbocycles. The first-order valence-electron chi connectivity index (χ1n) is 9.32. The number of hydrogen-bond donors (Lipinski definition) is 1. The molecule has 1 atom stereocenters. The minimum absolute atomic E-state index is 0.0302. The maximum absolute atomic E-state index is 13.2. The number of hydrogen-bond acceptors (Lipinski definition) is 5. The molecule has 0 aliphatic carbocycles. The number of sulfonamides is 1. The van der Waals surface area contributed by atoms with Crippen LogP contribution >= 0.6 is 0 Å². The van der Waals surface area contributed by atoms with Gasteiger partial charge in [0.05, 0.1) is 18.6 Å². The lowest BCUT2D eigenvalue weighted by atomic mass is 10.0. The number of ether oxygens (including phenoxy) is 1. The molecule has 1 N–H and O–H groups in total. The molecule has 4 rings (SSSR count). The van der Waals surface area contributed by atoms with E-state index >= 15 is 0 Å². The Kier molecular flexibility index (Phi) is 5.37. The highest BCUT2D eigenvalue weighted by atomic mass is 32.2. The SMILES string of the molecule is Cn1cnc(S(=O)(=O)N2CCC(c3cc(CCOc4cccc(F)c4)[nH]n3)C2)c1. The summed E-state index contributed by atoms with van der Waals surface area (Å²) < 4.78 is 47.2. The van der Waals surface area contributed by atoms with E-state index in [1.54, 1.807) is 23.7 Å². The van der Waals surface area contributed by atoms with E-state index in [0.29, 0.717) is 38.3 Å². The summed E-state index contributed by atoms with van der Waals surface area (Å²) in [4.78, 5) is 3.97. The van der Waals surface area contributed by atoms with Crippen molar-refractivity contribution in [3.8, 4) is 5.75 Å². The maximum atomic E-state index is 13.2. The van der Waals surface area contributed by atoms with Gasteiger partial charge in [-0.05, 0) is 24.6 Å². The zero-order valence-corrected chi connectivity index (χ0v) is 16.8. The Morgan fingerprint density at radius 2 is 2.21 bits per heavy atom. The second kappa shape index (κ2) is 7.96. The van der Waals surface area contributed by atoms with Gasteiger partial charge in [0.2, 0.25) is 0 Å². The number of nitrogens with one attached hydrogen (secondary N) is 1. The van der Waals surface area contributed by atoms with Gasteiger partial charge >= 0.3 is 0 Å². The van der Waals surface area contributed by atoms with Crippen molar-refractivity contribution in [1.29, 1.82) is 0 Å². The highest BCUT2D eigenvalue weighted by Gasteiger charge is 2.35. The molecular weight excluding hydrogens is 397 g/mol. The minimum Gasteiger partial charge on any atom is -0.493 e. The Morgan fingerprint density at radius 3 is 2.97 bits per heavy atom. The van der Waals surface area contributed by atoms with Crippen LogP contribution in [0, 0.1) is 5.82 Å². The summed E-state index contributed by atoms with van der Waals surface area (Å²) in [5.41, 5.74) is 1.73. The van der Waals surface area contributed by atoms with Gasteiger partial charge in [0.15, 0.2) is 5.03 Å². The summed E-state index contributed by atoms with van der Waals surface area (Å²) in [6.45, 7) is 1.20. The zero-order valence-electron chi connectivity index (χ0n) is 16.0. The first-order valence-corrected chi connectivity index (χ1v) is 10.8. The number of nitrogens with zero attached hydrogens (tertiary/aromatic N) is 4. The van der Waals surface area contributed by atoms with Gasteiger partial charge in [-0.1, -0.05) is 6.07 Å². The van der Waals surface area contributed by atoms with Crippen LogP contribution in [0.5, 0.6) is 5.75 Å². The van der Waals surface area contributed by atoms with Gasteiger partial charge in [-0.3, -0.25) is 5.10 Å². The maximum Gasteiger partial charge on any atom is 0.262 e. The third-order valence-corrected chi connectivity index (χ3v) is 6.69. The molecule has 1 fully saturated rings. The van der Waals surface area contributed by atoms with Crippen molar-refractivity contribution in [3.63, 3.8) is 0 Å². The van der Waals surface area contributed by atoms with Gasteiger partial charge in [0, 0.05) is 50.4 Å². The lowest BCUT2D eigenvalue weighted by molar-refractivity contribution is 0.319. The van der Waals surface area contributed by atoms with Crippen LogP contribution in [-0.4, -0.2) is 52.2 Å². The molecule has 1 aliphatic heterocycles. The summed E-state index contributed by atoms with van der Waals surface area (Å²) in [5, 5.41) is 7.40. The van der Waals surface area contributed by atoms with E-state index in [-0.39, 0.29) is 16.8 Å². The van der Waals surface area contributed by atoms with Crippen molar-refractivity contribution in [2.75, 3.05) is 19.7 Å². The second-order valence-electron chi connectivity index (χ2n) is 7.10. The molecule has 29 heavy (non-hydrogen) atoms. The van der Waals surface area contributed by atoms with E-state index < -0.39 is 10.0 Å². The van der Waals surface area contributed by atoms with Crippen LogP contribution in [0.4, 0.5) is 4.39 Å². The lowest BCUT2D eigenvalue weighted by Gasteiger charge is -2.14. The second-order valence-corrected chi connectivity index (χ2v) is 8.98. The fraction of sp³-hybridized carbons (Fsp3) is 0.368. The molecule has 2 aromatic heterocycles. The van der Waals surface area contributed by atoms with Crippen LogP contribution in [0.1, 0.15) is 23.7 Å². The summed E-state index contributed by atoms with van der Waals surface area (Å²) in [6.07, 6.45) is 4.28. The number of aryl methyl sites for hydroxylation is 1. The van der Waals surface area contributed by atoms with Crippen molar-refractivity contribution in [1.82, 2.24) is 24.1 Å². The molecule has 1 unspecified atom stereocenters. The van der Waals surface area contributed by atoms with Gasteiger partial charge in [0.25, 0.3) is 10.0 Å². The van der Waals surface area contributed by atoms with Crippen LogP contribution in [0.15, 0.2) is 47.9 Å². The minimum atomic E-state index is -3.59. The molecule has 0 spiro atoms. The number of benzene rings is 1. The highest BCUT2D eigenvalue weighted by molar-refractivity contribution is 7.89. The van der Waals surface area contributed by atoms with Gasteiger partial charge in [0.1, 0.15) is 11.6 Å². The predicted molar refractivity (Wildman–Crippen MR) is 104 cm³/mol. The first-order chi connectivity index (χ1) is 13.9. The largest absolute Gasteiger partial charge is 0.493 e. The van der Waals surface area contributed by atoms with Crippen molar-refractivity contribution < 1.29 is 17.5 Å². The van der Waals surface area contributed by atoms with Crippen molar-refractivity contribution in [2.45, 2.75) is 23.8 Å². The molecular formula is C19H22FN5O3S. The molecule has 1 aromatic carbocycles. The standard InChI is InChI=1S/C19H22FN5O3S/c1-24-12-19(21-13-24)29(26,27)25-7-5-14(11-25)18-10-16(22-23-18)6-8-28-17-4-2-3-15(20)9-17/h2-4,9-10,12-14H,5-8,11H2,1H3,(H,22,23). The number of H-pyrrole nitrogens is 1. The van der Waals surface area contributed by atoms with Crippen molar-refractivity contribution in [2.24, 2.45) is 7.05 Å². The van der Waals surface area contributed by atoms with E-state index in [1.165, 1.54) is 29.0 Å². The van der Waals surface area contributed by atoms with Crippen LogP contribution in [0.2, 0.25) is 0 Å². The Bertz CT molecular complexity index is 1090. The van der Waals surface area contributed by atoms with Crippen molar-refractivity contribution in [3.05, 3.63) is 60.1 Å². The predicted octanol–water partition coefficient (Wildman–Crippen LogP) is 2.08. The molecule has 3 aromatic rings. The lowest BCUT2D eigenvalue weighted by Crippen LogP contribution is -2.29. The van der Waals surface area contributed by atoms with E-state index in [9.17, 15) is 12.8 Å². The number of imidazole rings is 1. The van der Waals surface area contributed by atoms with Crippen molar-refractivity contribution >= 4 is 10.0 Å². The quantitative estimate of drug-likeness (QED) is 0.633. The monoisotopic (exact) mass is 419 g/mol. The number of halogens is 1. The zero-order chi connectivity index (χ0) is 20.4. The Hall–Kier alpha value is -2.72. The average Bonchev–Trinajstić information content (AvgIpc) is 3.42. The van der Waals surface area contributed by atoms with E-state index in [0.717, 1.165) is 11.4 Å². The molecule has 1 saturated heterocycles. The molecule has 0 radical (unpaired) electrons.